The predicted molar refractivity (Wildman–Crippen MR) is 75.7 cm³/mol. The number of hydrogen-bond donors (Lipinski definition) is 1. The molecule has 0 aliphatic carbocycles. The molecule has 102 valence electrons. The van der Waals surface area contributed by atoms with Gasteiger partial charge in [0.15, 0.2) is 9.84 Å². The molecule has 2 aromatic rings. The summed E-state index contributed by atoms with van der Waals surface area (Å²) in [4.78, 5) is 3.81. The van der Waals surface area contributed by atoms with Crippen molar-refractivity contribution >= 4 is 27.1 Å². The van der Waals surface area contributed by atoms with Crippen molar-refractivity contribution in [3.63, 3.8) is 0 Å². The number of pyridine rings is 1. The van der Waals surface area contributed by atoms with Gasteiger partial charge in [0, 0.05) is 11.9 Å². The van der Waals surface area contributed by atoms with E-state index in [1.54, 1.807) is 6.07 Å². The minimum atomic E-state index is -3.61. The summed E-state index contributed by atoms with van der Waals surface area (Å²) in [6, 6.07) is 9.08. The number of aromatic nitrogens is 1. The number of halogens is 1. The third-order valence-corrected chi connectivity index (χ3v) is 4.75. The molecule has 0 atom stereocenters. The number of nitrogens with two attached hydrogens (primary N) is 1. The molecule has 0 amide bonds. The fourth-order valence-corrected chi connectivity index (χ4v) is 3.64. The number of rotatable bonds is 3. The normalized spacial score (nSPS) is 11.0. The molecule has 7 heteroatoms. The summed E-state index contributed by atoms with van der Waals surface area (Å²) < 4.78 is 24.6. The van der Waals surface area contributed by atoms with E-state index in [9.17, 15) is 8.42 Å². The van der Waals surface area contributed by atoms with Crippen LogP contribution in [-0.2, 0) is 15.6 Å². The van der Waals surface area contributed by atoms with E-state index in [4.69, 9.17) is 22.6 Å². The smallest absolute Gasteiger partial charge is 0.183 e. The van der Waals surface area contributed by atoms with E-state index in [0.29, 0.717) is 11.3 Å². The second-order valence-corrected chi connectivity index (χ2v) is 6.48. The Hall–Kier alpha value is -2.10. The lowest BCUT2D eigenvalue weighted by Crippen LogP contribution is -2.06. The molecule has 1 aromatic heterocycles. The molecule has 2 rings (SSSR count). The van der Waals surface area contributed by atoms with Crippen molar-refractivity contribution < 1.29 is 8.42 Å². The van der Waals surface area contributed by atoms with Crippen LogP contribution in [0.1, 0.15) is 11.3 Å². The Balaban J connectivity index is 2.38. The number of nitriles is 1. The minimum absolute atomic E-state index is 0.0173. The third kappa shape index (κ3) is 3.07. The molecular weight excluding hydrogens is 298 g/mol. The number of hydrogen-bond acceptors (Lipinski definition) is 5. The summed E-state index contributed by atoms with van der Waals surface area (Å²) >= 11 is 5.91. The van der Waals surface area contributed by atoms with Crippen LogP contribution in [0.15, 0.2) is 41.4 Å². The molecule has 5 nitrogen and oxygen atoms in total. The van der Waals surface area contributed by atoms with E-state index < -0.39 is 9.84 Å². The second-order valence-electron chi connectivity index (χ2n) is 4.11. The SMILES string of the molecule is N#Cc1cc(CS(=O)(=O)c2ccc(N)cc2Cl)ccn1. The summed E-state index contributed by atoms with van der Waals surface area (Å²) in [7, 11) is -3.61. The van der Waals surface area contributed by atoms with E-state index >= 15 is 0 Å². The highest BCUT2D eigenvalue weighted by Crippen LogP contribution is 2.26. The van der Waals surface area contributed by atoms with Gasteiger partial charge in [-0.1, -0.05) is 11.6 Å². The first kappa shape index (κ1) is 14.3. The van der Waals surface area contributed by atoms with Gasteiger partial charge in [-0.05, 0) is 35.9 Å². The standard InChI is InChI=1S/C13H10ClN3O2S/c14-12-6-10(16)1-2-13(12)20(18,19)8-9-3-4-17-11(5-9)7-15/h1-6H,8,16H2. The van der Waals surface area contributed by atoms with Crippen LogP contribution in [0.5, 0.6) is 0 Å². The molecule has 0 saturated carbocycles. The summed E-state index contributed by atoms with van der Waals surface area (Å²) in [5.41, 5.74) is 6.57. The minimum Gasteiger partial charge on any atom is -0.399 e. The van der Waals surface area contributed by atoms with Gasteiger partial charge in [-0.3, -0.25) is 0 Å². The largest absolute Gasteiger partial charge is 0.399 e. The van der Waals surface area contributed by atoms with Gasteiger partial charge in [-0.25, -0.2) is 13.4 Å². The van der Waals surface area contributed by atoms with Gasteiger partial charge >= 0.3 is 0 Å². The van der Waals surface area contributed by atoms with Gasteiger partial charge in [-0.15, -0.1) is 0 Å². The maximum absolute atomic E-state index is 12.3. The van der Waals surface area contributed by atoms with Gasteiger partial charge in [0.1, 0.15) is 11.8 Å². The Morgan fingerprint density at radius 3 is 2.70 bits per heavy atom. The lowest BCUT2D eigenvalue weighted by atomic mass is 10.2. The Kier molecular flexibility index (Phi) is 3.93. The average Bonchev–Trinajstić information content (AvgIpc) is 2.37. The molecule has 2 N–H and O–H groups in total. The van der Waals surface area contributed by atoms with Crippen molar-refractivity contribution in [2.75, 3.05) is 5.73 Å². The number of benzene rings is 1. The molecule has 0 aliphatic rings. The van der Waals surface area contributed by atoms with Crippen LogP contribution >= 0.6 is 11.6 Å². The monoisotopic (exact) mass is 307 g/mol. The molecule has 0 bridgehead atoms. The summed E-state index contributed by atoms with van der Waals surface area (Å²) in [5, 5.41) is 8.84. The van der Waals surface area contributed by atoms with Crippen LogP contribution in [0, 0.1) is 11.3 Å². The second kappa shape index (κ2) is 5.49. The van der Waals surface area contributed by atoms with Gasteiger partial charge in [0.25, 0.3) is 0 Å². The maximum Gasteiger partial charge on any atom is 0.183 e. The zero-order valence-corrected chi connectivity index (χ0v) is 11.8. The summed E-state index contributed by atoms with van der Waals surface area (Å²) in [6.45, 7) is 0. The fourth-order valence-electron chi connectivity index (χ4n) is 1.69. The van der Waals surface area contributed by atoms with Crippen molar-refractivity contribution in [2.45, 2.75) is 10.6 Å². The highest BCUT2D eigenvalue weighted by molar-refractivity contribution is 7.90. The molecule has 0 spiro atoms. The highest BCUT2D eigenvalue weighted by atomic mass is 35.5. The number of nitrogens with zero attached hydrogens (tertiary/aromatic N) is 2. The summed E-state index contributed by atoms with van der Waals surface area (Å²) in [6.07, 6.45) is 1.40. The molecule has 0 fully saturated rings. The maximum atomic E-state index is 12.3. The molecule has 20 heavy (non-hydrogen) atoms. The molecule has 1 heterocycles. The van der Waals surface area contributed by atoms with E-state index in [0.717, 1.165) is 0 Å². The number of nitrogen functional groups attached to an aromatic ring is 1. The molecule has 1 aromatic carbocycles. The van der Waals surface area contributed by atoms with Crippen molar-refractivity contribution in [1.29, 1.82) is 5.26 Å². The lowest BCUT2D eigenvalue weighted by molar-refractivity contribution is 0.595. The fraction of sp³-hybridized carbons (Fsp3) is 0.0769. The summed E-state index contributed by atoms with van der Waals surface area (Å²) in [5.74, 6) is -0.256. The van der Waals surface area contributed by atoms with E-state index in [2.05, 4.69) is 4.98 Å². The number of sulfone groups is 1. The van der Waals surface area contributed by atoms with Crippen LogP contribution in [0.3, 0.4) is 0 Å². The first-order chi connectivity index (χ1) is 9.42. The first-order valence-corrected chi connectivity index (χ1v) is 7.58. The third-order valence-electron chi connectivity index (χ3n) is 2.59. The number of anilines is 1. The van der Waals surface area contributed by atoms with E-state index in [1.165, 1.54) is 30.5 Å². The molecular formula is C13H10ClN3O2S. The van der Waals surface area contributed by atoms with Gasteiger partial charge in [0.05, 0.1) is 15.7 Å². The average molecular weight is 308 g/mol. The zero-order valence-electron chi connectivity index (χ0n) is 10.2. The molecule has 0 saturated heterocycles. The van der Waals surface area contributed by atoms with E-state index in [-0.39, 0.29) is 21.4 Å². The van der Waals surface area contributed by atoms with Crippen LogP contribution in [0.2, 0.25) is 5.02 Å². The van der Waals surface area contributed by atoms with Crippen LogP contribution in [0.25, 0.3) is 0 Å². The van der Waals surface area contributed by atoms with Crippen molar-refractivity contribution in [3.05, 3.63) is 52.8 Å². The zero-order chi connectivity index (χ0) is 14.8. The van der Waals surface area contributed by atoms with Gasteiger partial charge in [0.2, 0.25) is 0 Å². The Morgan fingerprint density at radius 1 is 1.30 bits per heavy atom. The topological polar surface area (TPSA) is 96.8 Å². The van der Waals surface area contributed by atoms with Crippen molar-refractivity contribution in [1.82, 2.24) is 4.98 Å². The van der Waals surface area contributed by atoms with Crippen molar-refractivity contribution in [3.8, 4) is 6.07 Å². The Labute approximate surface area is 121 Å². The van der Waals surface area contributed by atoms with Crippen LogP contribution in [-0.4, -0.2) is 13.4 Å². The van der Waals surface area contributed by atoms with Crippen molar-refractivity contribution in [2.24, 2.45) is 0 Å². The highest BCUT2D eigenvalue weighted by Gasteiger charge is 2.19. The first-order valence-electron chi connectivity index (χ1n) is 5.55. The predicted octanol–water partition coefficient (Wildman–Crippen LogP) is 2.16. The van der Waals surface area contributed by atoms with Gasteiger partial charge in [-0.2, -0.15) is 5.26 Å². The van der Waals surface area contributed by atoms with E-state index in [1.807, 2.05) is 6.07 Å². The molecule has 0 unspecified atom stereocenters. The Morgan fingerprint density at radius 2 is 2.05 bits per heavy atom. The lowest BCUT2D eigenvalue weighted by Gasteiger charge is -2.07. The molecule has 0 radical (unpaired) electrons. The molecule has 0 aliphatic heterocycles. The van der Waals surface area contributed by atoms with Gasteiger partial charge < -0.3 is 5.73 Å². The quantitative estimate of drug-likeness (QED) is 0.876. The van der Waals surface area contributed by atoms with Crippen LogP contribution in [0.4, 0.5) is 5.69 Å². The Bertz CT molecular complexity index is 798. The van der Waals surface area contributed by atoms with Crippen LogP contribution < -0.4 is 5.73 Å².